The summed E-state index contributed by atoms with van der Waals surface area (Å²) >= 11 is 0. The van der Waals surface area contributed by atoms with Crippen LogP contribution >= 0.6 is 0 Å². The lowest BCUT2D eigenvalue weighted by molar-refractivity contribution is -0.120. The minimum atomic E-state index is 0.0439. The Morgan fingerprint density at radius 3 is 3.00 bits per heavy atom. The van der Waals surface area contributed by atoms with Gasteiger partial charge in [-0.25, -0.2) is 0 Å². The van der Waals surface area contributed by atoms with Gasteiger partial charge in [-0.1, -0.05) is 5.16 Å². The van der Waals surface area contributed by atoms with Crippen molar-refractivity contribution in [2.45, 2.75) is 45.6 Å². The first-order valence-corrected chi connectivity index (χ1v) is 6.58. The molecule has 100 valence electrons. The second-order valence-corrected chi connectivity index (χ2v) is 4.91. The molecule has 1 fully saturated rings. The van der Waals surface area contributed by atoms with E-state index >= 15 is 0 Å². The SMILES string of the molecule is Cc1noc(C)c1CC(=O)NCC[C@H]1CCCN1. The molecule has 2 N–H and O–H groups in total. The molecule has 2 heterocycles. The molecule has 1 amide bonds. The first-order chi connectivity index (χ1) is 8.66. The minimum Gasteiger partial charge on any atom is -0.361 e. The van der Waals surface area contributed by atoms with Crippen LogP contribution in [0.3, 0.4) is 0 Å². The molecule has 18 heavy (non-hydrogen) atoms. The van der Waals surface area contributed by atoms with Crippen molar-refractivity contribution in [3.05, 3.63) is 17.0 Å². The molecule has 5 heteroatoms. The van der Waals surface area contributed by atoms with Gasteiger partial charge in [0.2, 0.25) is 5.91 Å². The second kappa shape index (κ2) is 6.00. The molecule has 1 saturated heterocycles. The van der Waals surface area contributed by atoms with E-state index < -0.39 is 0 Å². The highest BCUT2D eigenvalue weighted by Crippen LogP contribution is 2.12. The summed E-state index contributed by atoms with van der Waals surface area (Å²) in [6, 6.07) is 0.573. The number of nitrogens with one attached hydrogen (secondary N) is 2. The average molecular weight is 251 g/mol. The van der Waals surface area contributed by atoms with Crippen LogP contribution in [0, 0.1) is 13.8 Å². The largest absolute Gasteiger partial charge is 0.361 e. The number of amides is 1. The third-order valence-electron chi connectivity index (χ3n) is 3.50. The molecule has 0 saturated carbocycles. The molecule has 1 aliphatic rings. The van der Waals surface area contributed by atoms with Crippen LogP contribution in [0.4, 0.5) is 0 Å². The Balaban J connectivity index is 1.72. The summed E-state index contributed by atoms with van der Waals surface area (Å²) in [6.45, 7) is 5.55. The number of aromatic nitrogens is 1. The summed E-state index contributed by atoms with van der Waals surface area (Å²) in [5, 5.41) is 10.2. The molecule has 1 atom stereocenters. The predicted octanol–water partition coefficient (Wildman–Crippen LogP) is 1.09. The summed E-state index contributed by atoms with van der Waals surface area (Å²) < 4.78 is 5.04. The molecule has 1 aromatic heterocycles. The number of carbonyl (C=O) groups excluding carboxylic acids is 1. The predicted molar refractivity (Wildman–Crippen MR) is 68.3 cm³/mol. The average Bonchev–Trinajstić information content (AvgIpc) is 2.94. The lowest BCUT2D eigenvalue weighted by Gasteiger charge is -2.10. The van der Waals surface area contributed by atoms with Gasteiger partial charge in [-0.3, -0.25) is 4.79 Å². The first kappa shape index (κ1) is 13.1. The van der Waals surface area contributed by atoms with Gasteiger partial charge in [-0.15, -0.1) is 0 Å². The molecular weight excluding hydrogens is 230 g/mol. The van der Waals surface area contributed by atoms with Crippen LogP contribution in [-0.4, -0.2) is 30.2 Å². The molecule has 0 radical (unpaired) electrons. The third kappa shape index (κ3) is 3.32. The molecule has 1 aliphatic heterocycles. The fourth-order valence-corrected chi connectivity index (χ4v) is 2.37. The van der Waals surface area contributed by atoms with E-state index in [-0.39, 0.29) is 5.91 Å². The highest BCUT2D eigenvalue weighted by Gasteiger charge is 2.15. The summed E-state index contributed by atoms with van der Waals surface area (Å²) in [6.07, 6.45) is 3.84. The quantitative estimate of drug-likeness (QED) is 0.822. The van der Waals surface area contributed by atoms with Gasteiger partial charge in [0.1, 0.15) is 5.76 Å². The Kier molecular flexibility index (Phi) is 4.36. The van der Waals surface area contributed by atoms with Crippen LogP contribution < -0.4 is 10.6 Å². The van der Waals surface area contributed by atoms with Gasteiger partial charge in [-0.2, -0.15) is 0 Å². The number of nitrogens with zero attached hydrogens (tertiary/aromatic N) is 1. The van der Waals surface area contributed by atoms with Crippen LogP contribution in [0.25, 0.3) is 0 Å². The van der Waals surface area contributed by atoms with Gasteiger partial charge in [0.15, 0.2) is 0 Å². The van der Waals surface area contributed by atoms with Gasteiger partial charge in [0.25, 0.3) is 0 Å². The molecule has 5 nitrogen and oxygen atoms in total. The van der Waals surface area contributed by atoms with E-state index in [1.807, 2.05) is 13.8 Å². The molecule has 0 unspecified atom stereocenters. The lowest BCUT2D eigenvalue weighted by atomic mass is 10.1. The van der Waals surface area contributed by atoms with E-state index in [2.05, 4.69) is 15.8 Å². The van der Waals surface area contributed by atoms with Gasteiger partial charge in [-0.05, 0) is 39.7 Å². The van der Waals surface area contributed by atoms with Crippen LogP contribution in [0.1, 0.15) is 36.3 Å². The highest BCUT2D eigenvalue weighted by atomic mass is 16.5. The number of hydrogen-bond acceptors (Lipinski definition) is 4. The normalized spacial score (nSPS) is 19.1. The van der Waals surface area contributed by atoms with Gasteiger partial charge >= 0.3 is 0 Å². The van der Waals surface area contributed by atoms with Crippen molar-refractivity contribution in [1.82, 2.24) is 15.8 Å². The summed E-state index contributed by atoms with van der Waals surface area (Å²) in [5.41, 5.74) is 1.71. The zero-order chi connectivity index (χ0) is 13.0. The molecular formula is C13H21N3O2. The van der Waals surface area contributed by atoms with Gasteiger partial charge in [0, 0.05) is 18.2 Å². The number of carbonyl (C=O) groups is 1. The standard InChI is InChI=1S/C13H21N3O2/c1-9-12(10(2)18-16-9)8-13(17)15-7-5-11-4-3-6-14-11/h11,14H,3-8H2,1-2H3,(H,15,17)/t11-/m1/s1. The summed E-state index contributed by atoms with van der Waals surface area (Å²) in [4.78, 5) is 11.8. The second-order valence-electron chi connectivity index (χ2n) is 4.91. The third-order valence-corrected chi connectivity index (χ3v) is 3.50. The molecule has 0 aliphatic carbocycles. The van der Waals surface area contributed by atoms with Crippen molar-refractivity contribution in [3.63, 3.8) is 0 Å². The molecule has 2 rings (SSSR count). The molecule has 0 aromatic carbocycles. The van der Waals surface area contributed by atoms with Gasteiger partial charge in [0.05, 0.1) is 12.1 Å². The Labute approximate surface area is 107 Å². The highest BCUT2D eigenvalue weighted by molar-refractivity contribution is 5.78. The monoisotopic (exact) mass is 251 g/mol. The zero-order valence-electron chi connectivity index (χ0n) is 11.1. The van der Waals surface area contributed by atoms with Gasteiger partial charge < -0.3 is 15.2 Å². The zero-order valence-corrected chi connectivity index (χ0v) is 11.1. The Morgan fingerprint density at radius 1 is 1.56 bits per heavy atom. The molecule has 1 aromatic rings. The van der Waals surface area contributed by atoms with E-state index in [9.17, 15) is 4.79 Å². The van der Waals surface area contributed by atoms with Crippen LogP contribution in [0.15, 0.2) is 4.52 Å². The van der Waals surface area contributed by atoms with Crippen molar-refractivity contribution >= 4 is 5.91 Å². The summed E-state index contributed by atoms with van der Waals surface area (Å²) in [5.74, 6) is 0.780. The maximum absolute atomic E-state index is 11.8. The van der Waals surface area contributed by atoms with E-state index in [0.717, 1.165) is 36.5 Å². The van der Waals surface area contributed by atoms with E-state index in [1.54, 1.807) is 0 Å². The minimum absolute atomic E-state index is 0.0439. The van der Waals surface area contributed by atoms with E-state index in [4.69, 9.17) is 4.52 Å². The number of aryl methyl sites for hydroxylation is 2. The van der Waals surface area contributed by atoms with Crippen molar-refractivity contribution in [2.24, 2.45) is 0 Å². The van der Waals surface area contributed by atoms with Crippen molar-refractivity contribution in [2.75, 3.05) is 13.1 Å². The maximum atomic E-state index is 11.8. The van der Waals surface area contributed by atoms with Crippen molar-refractivity contribution < 1.29 is 9.32 Å². The first-order valence-electron chi connectivity index (χ1n) is 6.58. The number of rotatable bonds is 5. The number of hydrogen-bond donors (Lipinski definition) is 2. The van der Waals surface area contributed by atoms with Crippen molar-refractivity contribution in [3.8, 4) is 0 Å². The van der Waals surface area contributed by atoms with Crippen LogP contribution in [0.2, 0.25) is 0 Å². The van der Waals surface area contributed by atoms with Crippen LogP contribution in [-0.2, 0) is 11.2 Å². The Morgan fingerprint density at radius 2 is 2.39 bits per heavy atom. The van der Waals surface area contributed by atoms with Crippen molar-refractivity contribution in [1.29, 1.82) is 0 Å². The molecule has 0 spiro atoms. The summed E-state index contributed by atoms with van der Waals surface area (Å²) in [7, 11) is 0. The molecule has 0 bridgehead atoms. The van der Waals surface area contributed by atoms with E-state index in [0.29, 0.717) is 12.5 Å². The Hall–Kier alpha value is -1.36. The van der Waals surface area contributed by atoms with Crippen LogP contribution in [0.5, 0.6) is 0 Å². The maximum Gasteiger partial charge on any atom is 0.224 e. The fourth-order valence-electron chi connectivity index (χ4n) is 2.37. The lowest BCUT2D eigenvalue weighted by Crippen LogP contribution is -2.31. The fraction of sp³-hybridized carbons (Fsp3) is 0.692. The Bertz CT molecular complexity index is 389. The van der Waals surface area contributed by atoms with E-state index in [1.165, 1.54) is 12.8 Å². The topological polar surface area (TPSA) is 67.2 Å². The smallest absolute Gasteiger partial charge is 0.224 e.